The van der Waals surface area contributed by atoms with Crippen LogP contribution in [0, 0.1) is 0 Å². The van der Waals surface area contributed by atoms with E-state index in [4.69, 9.17) is 0 Å². The average Bonchev–Trinajstić information content (AvgIpc) is 3.15. The summed E-state index contributed by atoms with van der Waals surface area (Å²) < 4.78 is 0. The van der Waals surface area contributed by atoms with Crippen LogP contribution in [0.5, 0.6) is 0 Å². The van der Waals surface area contributed by atoms with Gasteiger partial charge in [-0.05, 0) is 11.6 Å². The van der Waals surface area contributed by atoms with Gasteiger partial charge in [-0.15, -0.1) is 0 Å². The Kier molecular flexibility index (Phi) is 6.06. The summed E-state index contributed by atoms with van der Waals surface area (Å²) in [6.07, 6.45) is 0. The average molecular weight is 421 g/mol. The SMILES string of the molecule is CN(C)C(=O)CN1CCN([C@@H](C(=O)O)c2c(-c3ccccc3)[nH]c3ccccc23)CC1. The molecule has 1 saturated heterocycles. The van der Waals surface area contributed by atoms with Crippen LogP contribution in [0.1, 0.15) is 11.6 Å². The first-order valence-electron chi connectivity index (χ1n) is 10.5. The Balaban J connectivity index is 1.67. The van der Waals surface area contributed by atoms with Crippen molar-refractivity contribution in [3.8, 4) is 11.3 Å². The van der Waals surface area contributed by atoms with Gasteiger partial charge in [-0.2, -0.15) is 0 Å². The number of carboxylic acid groups (broad SMARTS) is 1. The Morgan fingerprint density at radius 1 is 1.00 bits per heavy atom. The zero-order valence-electron chi connectivity index (χ0n) is 17.9. The second kappa shape index (κ2) is 8.91. The van der Waals surface area contributed by atoms with Crippen molar-refractivity contribution in [2.24, 2.45) is 0 Å². The fourth-order valence-electron chi connectivity index (χ4n) is 4.25. The molecule has 7 heteroatoms. The molecular weight excluding hydrogens is 392 g/mol. The number of hydrogen-bond donors (Lipinski definition) is 2. The highest BCUT2D eigenvalue weighted by Crippen LogP contribution is 2.37. The quantitative estimate of drug-likeness (QED) is 0.641. The van der Waals surface area contributed by atoms with Crippen molar-refractivity contribution < 1.29 is 14.7 Å². The number of nitrogens with one attached hydrogen (secondary N) is 1. The molecule has 0 aliphatic carbocycles. The second-order valence-electron chi connectivity index (χ2n) is 8.17. The maximum absolute atomic E-state index is 12.5. The summed E-state index contributed by atoms with van der Waals surface area (Å²) in [7, 11) is 3.50. The Labute approximate surface area is 181 Å². The maximum atomic E-state index is 12.5. The number of hydrogen-bond acceptors (Lipinski definition) is 4. The van der Waals surface area contributed by atoms with E-state index >= 15 is 0 Å². The van der Waals surface area contributed by atoms with Crippen molar-refractivity contribution in [1.29, 1.82) is 0 Å². The largest absolute Gasteiger partial charge is 0.480 e. The van der Waals surface area contributed by atoms with Crippen LogP contribution in [0.2, 0.25) is 0 Å². The zero-order chi connectivity index (χ0) is 22.0. The van der Waals surface area contributed by atoms with Gasteiger partial charge >= 0.3 is 5.97 Å². The van der Waals surface area contributed by atoms with Crippen LogP contribution in [-0.4, -0.2) is 83.5 Å². The number of aromatic amines is 1. The molecule has 7 nitrogen and oxygen atoms in total. The van der Waals surface area contributed by atoms with Gasteiger partial charge in [-0.25, -0.2) is 0 Å². The third-order valence-electron chi connectivity index (χ3n) is 5.95. The Morgan fingerprint density at radius 2 is 1.65 bits per heavy atom. The van der Waals surface area contributed by atoms with Gasteiger partial charge in [0.25, 0.3) is 0 Å². The molecule has 1 aromatic heterocycles. The Bertz CT molecular complexity index is 1070. The molecule has 1 aliphatic heterocycles. The number of likely N-dealkylation sites (N-methyl/N-ethyl adjacent to an activating group) is 1. The minimum Gasteiger partial charge on any atom is -0.480 e. The molecule has 0 bridgehead atoms. The zero-order valence-corrected chi connectivity index (χ0v) is 17.9. The predicted octanol–water partition coefficient (Wildman–Crippen LogP) is 2.67. The van der Waals surface area contributed by atoms with Gasteiger partial charge in [0, 0.05) is 56.7 Å². The molecule has 1 atom stereocenters. The van der Waals surface area contributed by atoms with Gasteiger partial charge in [-0.3, -0.25) is 19.4 Å². The van der Waals surface area contributed by atoms with Crippen molar-refractivity contribution in [2.45, 2.75) is 6.04 Å². The van der Waals surface area contributed by atoms with E-state index in [-0.39, 0.29) is 5.91 Å². The highest BCUT2D eigenvalue weighted by atomic mass is 16.4. The van der Waals surface area contributed by atoms with E-state index < -0.39 is 12.0 Å². The summed E-state index contributed by atoms with van der Waals surface area (Å²) in [5, 5.41) is 11.2. The number of carboxylic acids is 1. The summed E-state index contributed by atoms with van der Waals surface area (Å²) in [5.74, 6) is -0.800. The summed E-state index contributed by atoms with van der Waals surface area (Å²) in [5.41, 5.74) is 3.54. The van der Waals surface area contributed by atoms with Crippen LogP contribution in [0.3, 0.4) is 0 Å². The molecule has 162 valence electrons. The topological polar surface area (TPSA) is 79.9 Å². The third kappa shape index (κ3) is 4.33. The number of carbonyl (C=O) groups is 2. The number of piperazine rings is 1. The molecule has 1 aliphatic rings. The van der Waals surface area contributed by atoms with E-state index in [9.17, 15) is 14.7 Å². The molecule has 3 aromatic rings. The van der Waals surface area contributed by atoms with E-state index in [1.807, 2.05) is 59.5 Å². The van der Waals surface area contributed by atoms with E-state index in [1.54, 1.807) is 19.0 Å². The number of rotatable bonds is 6. The highest BCUT2D eigenvalue weighted by Gasteiger charge is 2.34. The molecule has 4 rings (SSSR count). The number of H-pyrrole nitrogens is 1. The minimum absolute atomic E-state index is 0.0613. The number of para-hydroxylation sites is 1. The van der Waals surface area contributed by atoms with Crippen LogP contribution >= 0.6 is 0 Å². The molecule has 1 amide bonds. The molecule has 2 aromatic carbocycles. The second-order valence-corrected chi connectivity index (χ2v) is 8.17. The molecule has 2 N–H and O–H groups in total. The van der Waals surface area contributed by atoms with Gasteiger partial charge in [0.2, 0.25) is 5.91 Å². The van der Waals surface area contributed by atoms with Gasteiger partial charge in [0.05, 0.1) is 12.2 Å². The van der Waals surface area contributed by atoms with Gasteiger partial charge < -0.3 is 15.0 Å². The fourth-order valence-corrected chi connectivity index (χ4v) is 4.25. The first-order valence-corrected chi connectivity index (χ1v) is 10.5. The van der Waals surface area contributed by atoms with Gasteiger partial charge in [0.15, 0.2) is 0 Å². The van der Waals surface area contributed by atoms with Crippen LogP contribution in [0.25, 0.3) is 22.2 Å². The summed E-state index contributed by atoms with van der Waals surface area (Å²) >= 11 is 0. The maximum Gasteiger partial charge on any atom is 0.325 e. The van der Waals surface area contributed by atoms with E-state index in [0.29, 0.717) is 32.7 Å². The number of amides is 1. The lowest BCUT2D eigenvalue weighted by Gasteiger charge is -2.38. The monoisotopic (exact) mass is 420 g/mol. The molecule has 0 saturated carbocycles. The van der Waals surface area contributed by atoms with Crippen LogP contribution in [0.4, 0.5) is 0 Å². The van der Waals surface area contributed by atoms with Crippen molar-refractivity contribution >= 4 is 22.8 Å². The first kappa shape index (κ1) is 21.1. The van der Waals surface area contributed by atoms with E-state index in [2.05, 4.69) is 9.88 Å². The predicted molar refractivity (Wildman–Crippen MR) is 121 cm³/mol. The number of fused-ring (bicyclic) bond motifs is 1. The standard InChI is InChI=1S/C24H28N4O3/c1-26(2)20(29)16-27-12-14-28(15-13-27)23(24(30)31)21-18-10-6-7-11-19(18)25-22(21)17-8-4-3-5-9-17/h3-11,23,25H,12-16H2,1-2H3,(H,30,31)/t23-/m1/s1. The van der Waals surface area contributed by atoms with Crippen molar-refractivity contribution in [3.05, 3.63) is 60.2 Å². The molecule has 1 fully saturated rings. The molecule has 31 heavy (non-hydrogen) atoms. The Hall–Kier alpha value is -3.16. The fraction of sp³-hybridized carbons (Fsp3) is 0.333. The van der Waals surface area contributed by atoms with E-state index in [0.717, 1.165) is 27.7 Å². The number of aliphatic carboxylic acids is 1. The van der Waals surface area contributed by atoms with Crippen molar-refractivity contribution in [1.82, 2.24) is 19.7 Å². The molecule has 2 heterocycles. The number of benzene rings is 2. The first-order chi connectivity index (χ1) is 15.0. The molecular formula is C24H28N4O3. The smallest absolute Gasteiger partial charge is 0.325 e. The lowest BCUT2D eigenvalue weighted by molar-refractivity contribution is -0.144. The Morgan fingerprint density at radius 3 is 2.29 bits per heavy atom. The van der Waals surface area contributed by atoms with E-state index in [1.165, 1.54) is 0 Å². The minimum atomic E-state index is -0.861. The molecule has 0 unspecified atom stereocenters. The van der Waals surface area contributed by atoms with Crippen molar-refractivity contribution in [2.75, 3.05) is 46.8 Å². The normalized spacial score (nSPS) is 16.3. The number of aromatic nitrogens is 1. The number of nitrogens with zero attached hydrogens (tertiary/aromatic N) is 3. The molecule has 0 radical (unpaired) electrons. The third-order valence-corrected chi connectivity index (χ3v) is 5.95. The lowest BCUT2D eigenvalue weighted by Crippen LogP contribution is -2.51. The lowest BCUT2D eigenvalue weighted by atomic mass is 9.97. The summed E-state index contributed by atoms with van der Waals surface area (Å²) in [6, 6.07) is 17.0. The van der Waals surface area contributed by atoms with Crippen LogP contribution < -0.4 is 0 Å². The highest BCUT2D eigenvalue weighted by molar-refractivity contribution is 5.95. The molecule has 0 spiro atoms. The van der Waals surface area contributed by atoms with Gasteiger partial charge in [0.1, 0.15) is 6.04 Å². The van der Waals surface area contributed by atoms with Crippen LogP contribution in [-0.2, 0) is 9.59 Å². The number of carbonyl (C=O) groups excluding carboxylic acids is 1. The van der Waals surface area contributed by atoms with Crippen molar-refractivity contribution in [3.63, 3.8) is 0 Å². The van der Waals surface area contributed by atoms with Gasteiger partial charge in [-0.1, -0.05) is 48.5 Å². The summed E-state index contributed by atoms with van der Waals surface area (Å²) in [6.45, 7) is 2.86. The van der Waals surface area contributed by atoms with Crippen LogP contribution in [0.15, 0.2) is 54.6 Å². The summed E-state index contributed by atoms with van der Waals surface area (Å²) in [4.78, 5) is 33.7.